The van der Waals surface area contributed by atoms with Crippen LogP contribution in [0.1, 0.15) is 51.4 Å². The van der Waals surface area contributed by atoms with E-state index in [1.54, 1.807) is 0 Å². The third kappa shape index (κ3) is 8.28. The highest BCUT2D eigenvalue weighted by Crippen LogP contribution is 2.54. The van der Waals surface area contributed by atoms with Crippen LogP contribution in [-0.4, -0.2) is 19.9 Å². The smallest absolute Gasteiger partial charge is 0.160 e. The summed E-state index contributed by atoms with van der Waals surface area (Å²) in [6, 6.07) is 65.2. The molecule has 0 saturated heterocycles. The maximum atomic E-state index is 7.14. The fourth-order valence-corrected chi connectivity index (χ4v) is 8.91. The zero-order valence-electron chi connectivity index (χ0n) is 37.9. The molecular formula is C61H50N4O. The van der Waals surface area contributed by atoms with Crippen molar-refractivity contribution in [1.29, 1.82) is 0 Å². The van der Waals surface area contributed by atoms with Crippen LogP contribution in [0.2, 0.25) is 0 Å². The van der Waals surface area contributed by atoms with Gasteiger partial charge >= 0.3 is 0 Å². The maximum Gasteiger partial charge on any atom is 0.160 e. The van der Waals surface area contributed by atoms with E-state index in [-0.39, 0.29) is 5.41 Å². The Labute approximate surface area is 388 Å². The largest absolute Gasteiger partial charge is 0.455 e. The van der Waals surface area contributed by atoms with Crippen LogP contribution in [0.15, 0.2) is 206 Å². The van der Waals surface area contributed by atoms with Crippen molar-refractivity contribution >= 4 is 5.57 Å². The Morgan fingerprint density at radius 3 is 1.29 bits per heavy atom. The molecule has 10 rings (SSSR count). The summed E-state index contributed by atoms with van der Waals surface area (Å²) in [5.74, 6) is 3.45. The van der Waals surface area contributed by atoms with Gasteiger partial charge in [0.2, 0.25) is 0 Å². The molecule has 3 heterocycles. The molecule has 9 aromatic rings. The van der Waals surface area contributed by atoms with Crippen LogP contribution in [-0.2, 0) is 5.41 Å². The Balaban J connectivity index is 0.997. The Morgan fingerprint density at radius 1 is 0.455 bits per heavy atom. The molecule has 0 atom stereocenters. The van der Waals surface area contributed by atoms with Gasteiger partial charge in [0, 0.05) is 55.5 Å². The quantitative estimate of drug-likeness (QED) is 0.128. The fourth-order valence-electron chi connectivity index (χ4n) is 8.91. The molecule has 0 bridgehead atoms. The van der Waals surface area contributed by atoms with Crippen LogP contribution >= 0.6 is 0 Å². The van der Waals surface area contributed by atoms with Gasteiger partial charge in [-0.15, -0.1) is 0 Å². The summed E-state index contributed by atoms with van der Waals surface area (Å²) in [7, 11) is 0. The van der Waals surface area contributed by atoms with Gasteiger partial charge < -0.3 is 4.74 Å². The highest BCUT2D eigenvalue weighted by molar-refractivity contribution is 5.83. The summed E-state index contributed by atoms with van der Waals surface area (Å²) in [4.78, 5) is 20.4. The average Bonchev–Trinajstić information content (AvgIpc) is 3.36. The van der Waals surface area contributed by atoms with Crippen LogP contribution in [0, 0.1) is 5.92 Å². The molecule has 0 spiro atoms. The van der Waals surface area contributed by atoms with Gasteiger partial charge in [-0.1, -0.05) is 222 Å². The Kier molecular flexibility index (Phi) is 11.4. The second kappa shape index (κ2) is 17.9. The van der Waals surface area contributed by atoms with E-state index in [0.29, 0.717) is 17.6 Å². The Hall–Kier alpha value is -8.02. The van der Waals surface area contributed by atoms with Gasteiger partial charge in [-0.25, -0.2) is 19.9 Å². The molecule has 0 aliphatic carbocycles. The summed E-state index contributed by atoms with van der Waals surface area (Å²) in [5.41, 5.74) is 15.8. The third-order valence-corrected chi connectivity index (χ3v) is 12.3. The number of nitrogens with zero attached hydrogens (tertiary/aromatic N) is 4. The molecule has 0 N–H and O–H groups in total. The molecule has 320 valence electrons. The number of aromatic nitrogens is 4. The lowest BCUT2D eigenvalue weighted by Gasteiger charge is -2.36. The van der Waals surface area contributed by atoms with E-state index in [0.717, 1.165) is 101 Å². The lowest BCUT2D eigenvalue weighted by atomic mass is 9.74. The zero-order valence-corrected chi connectivity index (χ0v) is 37.9. The van der Waals surface area contributed by atoms with Crippen molar-refractivity contribution in [3.05, 3.63) is 223 Å². The normalized spacial score (nSPS) is 13.0. The van der Waals surface area contributed by atoms with E-state index in [2.05, 4.69) is 179 Å². The maximum absolute atomic E-state index is 7.14. The van der Waals surface area contributed by atoms with Crippen molar-refractivity contribution in [2.24, 2.45) is 5.92 Å². The van der Waals surface area contributed by atoms with Gasteiger partial charge in [-0.3, -0.25) is 0 Å². The molecule has 1 aliphatic heterocycles. The summed E-state index contributed by atoms with van der Waals surface area (Å²) < 4.78 is 7.14. The minimum absolute atomic E-state index is 0.329. The van der Waals surface area contributed by atoms with Crippen LogP contribution in [0.4, 0.5) is 0 Å². The van der Waals surface area contributed by atoms with E-state index >= 15 is 0 Å². The molecule has 0 amide bonds. The second-order valence-corrected chi connectivity index (χ2v) is 17.6. The molecule has 7 aromatic carbocycles. The topological polar surface area (TPSA) is 60.8 Å². The third-order valence-electron chi connectivity index (χ3n) is 12.3. The number of hydrogen-bond acceptors (Lipinski definition) is 5. The lowest BCUT2D eigenvalue weighted by molar-refractivity contribution is 0.421. The molecular weight excluding hydrogens is 805 g/mol. The Morgan fingerprint density at radius 2 is 0.864 bits per heavy atom. The number of benzene rings is 7. The van der Waals surface area contributed by atoms with Crippen LogP contribution in [0.5, 0.6) is 11.5 Å². The number of fused-ring (bicyclic) bond motifs is 2. The van der Waals surface area contributed by atoms with Crippen molar-refractivity contribution in [1.82, 2.24) is 19.9 Å². The SMILES string of the molecule is C/C=C\C(=C/C(C)C)c1cc(-c2ccccc2)nc(-c2ccc(-c3cccc4c3Oc3c(-c5ccc(-c6nc(-c7ccccc7)cc(-c7ccccc7)n6)cc5)cccc3C4(C)C)cc2)n1. The molecule has 5 nitrogen and oxygen atoms in total. The van der Waals surface area contributed by atoms with Crippen molar-refractivity contribution < 1.29 is 4.74 Å². The van der Waals surface area contributed by atoms with Gasteiger partial charge in [0.1, 0.15) is 11.5 Å². The minimum Gasteiger partial charge on any atom is -0.455 e. The van der Waals surface area contributed by atoms with E-state index in [1.165, 1.54) is 0 Å². The number of para-hydroxylation sites is 2. The molecule has 0 saturated carbocycles. The minimum atomic E-state index is -0.329. The van der Waals surface area contributed by atoms with Gasteiger partial charge in [0.05, 0.1) is 22.8 Å². The summed E-state index contributed by atoms with van der Waals surface area (Å²) in [6.45, 7) is 11.0. The number of allylic oxidation sites excluding steroid dienone is 4. The predicted octanol–water partition coefficient (Wildman–Crippen LogP) is 16.0. The molecule has 2 aromatic heterocycles. The molecule has 5 heteroatoms. The lowest BCUT2D eigenvalue weighted by Crippen LogP contribution is -2.25. The predicted molar refractivity (Wildman–Crippen MR) is 272 cm³/mol. The molecule has 1 aliphatic rings. The monoisotopic (exact) mass is 854 g/mol. The zero-order chi connectivity index (χ0) is 45.2. The van der Waals surface area contributed by atoms with Crippen molar-refractivity contribution in [3.8, 4) is 90.3 Å². The summed E-state index contributed by atoms with van der Waals surface area (Å²) in [5, 5.41) is 0. The highest BCUT2D eigenvalue weighted by atomic mass is 16.5. The number of rotatable bonds is 10. The van der Waals surface area contributed by atoms with E-state index in [1.807, 2.05) is 61.5 Å². The van der Waals surface area contributed by atoms with Crippen LogP contribution in [0.3, 0.4) is 0 Å². The first kappa shape index (κ1) is 42.0. The van der Waals surface area contributed by atoms with Crippen molar-refractivity contribution in [2.45, 2.75) is 40.0 Å². The average molecular weight is 855 g/mol. The van der Waals surface area contributed by atoms with Crippen LogP contribution < -0.4 is 4.74 Å². The van der Waals surface area contributed by atoms with Gasteiger partial charge in [0.25, 0.3) is 0 Å². The molecule has 0 unspecified atom stereocenters. The van der Waals surface area contributed by atoms with Crippen molar-refractivity contribution in [2.75, 3.05) is 0 Å². The van der Waals surface area contributed by atoms with Gasteiger partial charge in [-0.05, 0) is 41.7 Å². The fraction of sp³-hybridized carbons (Fsp3) is 0.115. The Bertz CT molecular complexity index is 3190. The standard InChI is InChI=1S/C61H50N4O/c1-6-18-48(37-40(2)3)56-39-55(45-23-14-9-15-24-45)64-60(65-56)47-35-31-42(32-36-47)50-26-17-28-52-58(50)66-57-49(25-16-27-51(57)61(52,4)5)41-29-33-46(34-30-41)59-62-53(43-19-10-7-11-20-43)38-54(63-59)44-21-12-8-13-22-44/h6-40H,1-5H3/b18-6-,48-37+. The highest BCUT2D eigenvalue weighted by Gasteiger charge is 2.37. The number of ether oxygens (including phenoxy) is 1. The first-order valence-electron chi connectivity index (χ1n) is 22.7. The van der Waals surface area contributed by atoms with Gasteiger partial charge in [0.15, 0.2) is 11.6 Å². The van der Waals surface area contributed by atoms with Crippen molar-refractivity contribution in [3.63, 3.8) is 0 Å². The van der Waals surface area contributed by atoms with Crippen LogP contribution in [0.25, 0.3) is 84.4 Å². The van der Waals surface area contributed by atoms with E-state index < -0.39 is 0 Å². The second-order valence-electron chi connectivity index (χ2n) is 17.6. The first-order chi connectivity index (χ1) is 32.2. The van der Waals surface area contributed by atoms with Gasteiger partial charge in [-0.2, -0.15) is 0 Å². The molecule has 0 fully saturated rings. The first-order valence-corrected chi connectivity index (χ1v) is 22.7. The summed E-state index contributed by atoms with van der Waals surface area (Å²) in [6.07, 6.45) is 6.45. The van der Waals surface area contributed by atoms with E-state index in [9.17, 15) is 0 Å². The molecule has 66 heavy (non-hydrogen) atoms. The summed E-state index contributed by atoms with van der Waals surface area (Å²) >= 11 is 0. The number of hydrogen-bond donors (Lipinski definition) is 0. The van der Waals surface area contributed by atoms with E-state index in [4.69, 9.17) is 24.7 Å². The molecule has 0 radical (unpaired) electrons.